The molecule has 0 atom stereocenters. The van der Waals surface area contributed by atoms with Crippen LogP contribution in [0.2, 0.25) is 0 Å². The van der Waals surface area contributed by atoms with E-state index in [2.05, 4.69) is 5.32 Å². The number of nitrogens with two attached hydrogens (primary N) is 1. The van der Waals surface area contributed by atoms with E-state index in [0.717, 1.165) is 11.1 Å². The van der Waals surface area contributed by atoms with E-state index in [1.165, 1.54) is 11.8 Å². The lowest BCUT2D eigenvalue weighted by Gasteiger charge is -2.10. The summed E-state index contributed by atoms with van der Waals surface area (Å²) in [5.74, 6) is 0.257. The molecule has 0 unspecified atom stereocenters. The minimum absolute atomic E-state index is 0.242. The van der Waals surface area contributed by atoms with Gasteiger partial charge in [0.2, 0.25) is 0 Å². The molecule has 0 aliphatic carbocycles. The molecular formula is C16H14N2O2S. The smallest absolute Gasteiger partial charge is 0.259 e. The van der Waals surface area contributed by atoms with Gasteiger partial charge in [-0.05, 0) is 53.2 Å². The van der Waals surface area contributed by atoms with Crippen molar-refractivity contribution in [3.8, 4) is 5.75 Å². The maximum absolute atomic E-state index is 12.4. The molecule has 0 fully saturated rings. The summed E-state index contributed by atoms with van der Waals surface area (Å²) >= 11 is 1.67. The Morgan fingerprint density at radius 1 is 1.19 bits per heavy atom. The van der Waals surface area contributed by atoms with Gasteiger partial charge in [0, 0.05) is 16.1 Å². The third kappa shape index (κ3) is 2.68. The van der Waals surface area contributed by atoms with Gasteiger partial charge < -0.3 is 15.8 Å². The van der Waals surface area contributed by atoms with Crippen LogP contribution >= 0.6 is 11.3 Å². The zero-order valence-corrected chi connectivity index (χ0v) is 12.2. The number of fused-ring (bicyclic) bond motifs is 1. The Morgan fingerprint density at radius 2 is 2.05 bits per heavy atom. The number of thiophene rings is 1. The molecule has 4 nitrogen and oxygen atoms in total. The van der Waals surface area contributed by atoms with E-state index in [-0.39, 0.29) is 5.91 Å². The van der Waals surface area contributed by atoms with Crippen molar-refractivity contribution >= 4 is 38.7 Å². The summed E-state index contributed by atoms with van der Waals surface area (Å²) in [4.78, 5) is 12.4. The number of hydrogen-bond donors (Lipinski definition) is 2. The van der Waals surface area contributed by atoms with Gasteiger partial charge in [0.15, 0.2) is 0 Å². The second-order valence-electron chi connectivity index (χ2n) is 4.59. The van der Waals surface area contributed by atoms with Crippen LogP contribution in [-0.2, 0) is 0 Å². The van der Waals surface area contributed by atoms with Crippen LogP contribution in [0.15, 0.2) is 47.8 Å². The van der Waals surface area contributed by atoms with Gasteiger partial charge in [0.05, 0.1) is 12.7 Å². The van der Waals surface area contributed by atoms with Gasteiger partial charge in [-0.2, -0.15) is 0 Å². The molecule has 0 spiro atoms. The molecule has 1 aromatic heterocycles. The average Bonchev–Trinajstić information content (AvgIpc) is 2.94. The van der Waals surface area contributed by atoms with E-state index in [4.69, 9.17) is 10.5 Å². The quantitative estimate of drug-likeness (QED) is 0.724. The van der Waals surface area contributed by atoms with E-state index < -0.39 is 0 Å². The maximum Gasteiger partial charge on any atom is 0.259 e. The van der Waals surface area contributed by atoms with E-state index in [1.807, 2.05) is 29.6 Å². The molecule has 2 aromatic carbocycles. The van der Waals surface area contributed by atoms with Crippen LogP contribution in [0.4, 0.5) is 11.4 Å². The molecule has 3 N–H and O–H groups in total. The zero-order chi connectivity index (χ0) is 14.8. The molecule has 0 aliphatic rings. The first-order chi connectivity index (χ1) is 10.2. The summed E-state index contributed by atoms with van der Waals surface area (Å²) in [7, 11) is 1.53. The summed E-state index contributed by atoms with van der Waals surface area (Å²) in [6.45, 7) is 0. The lowest BCUT2D eigenvalue weighted by Crippen LogP contribution is -2.13. The van der Waals surface area contributed by atoms with Crippen molar-refractivity contribution in [3.05, 3.63) is 53.4 Å². The van der Waals surface area contributed by atoms with Crippen molar-refractivity contribution in [1.82, 2.24) is 0 Å². The maximum atomic E-state index is 12.4. The van der Waals surface area contributed by atoms with Crippen LogP contribution in [-0.4, -0.2) is 13.0 Å². The summed E-state index contributed by atoms with van der Waals surface area (Å²) in [6.07, 6.45) is 0. The molecule has 3 rings (SSSR count). The summed E-state index contributed by atoms with van der Waals surface area (Å²) in [6, 6.07) is 12.8. The number of nitrogens with one attached hydrogen (secondary N) is 1. The van der Waals surface area contributed by atoms with Crippen molar-refractivity contribution in [3.63, 3.8) is 0 Å². The van der Waals surface area contributed by atoms with Crippen molar-refractivity contribution in [2.45, 2.75) is 0 Å². The highest BCUT2D eigenvalue weighted by atomic mass is 32.1. The minimum Gasteiger partial charge on any atom is -0.496 e. The molecule has 0 radical (unpaired) electrons. The number of carbonyl (C=O) groups is 1. The number of methoxy groups -OCH3 is 1. The summed E-state index contributed by atoms with van der Waals surface area (Å²) in [5.41, 5.74) is 7.43. The Bertz CT molecular complexity index is 811. The van der Waals surface area contributed by atoms with Crippen LogP contribution in [0, 0.1) is 0 Å². The molecule has 106 valence electrons. The van der Waals surface area contributed by atoms with E-state index in [0.29, 0.717) is 17.0 Å². The highest BCUT2D eigenvalue weighted by Crippen LogP contribution is 2.26. The second kappa shape index (κ2) is 5.46. The number of ether oxygens (including phenoxy) is 1. The number of hydrogen-bond acceptors (Lipinski definition) is 4. The number of benzene rings is 2. The monoisotopic (exact) mass is 298 g/mol. The van der Waals surface area contributed by atoms with E-state index >= 15 is 0 Å². The molecule has 5 heteroatoms. The topological polar surface area (TPSA) is 64.3 Å². The van der Waals surface area contributed by atoms with E-state index in [1.54, 1.807) is 29.5 Å². The number of nitrogen functional groups attached to an aromatic ring is 1. The largest absolute Gasteiger partial charge is 0.496 e. The Kier molecular flexibility index (Phi) is 3.50. The fourth-order valence-electron chi connectivity index (χ4n) is 2.15. The molecule has 0 saturated heterocycles. The first kappa shape index (κ1) is 13.5. The van der Waals surface area contributed by atoms with Crippen LogP contribution in [0.1, 0.15) is 10.4 Å². The fourth-order valence-corrected chi connectivity index (χ4v) is 2.92. The Morgan fingerprint density at radius 3 is 2.86 bits per heavy atom. The molecular weight excluding hydrogens is 284 g/mol. The lowest BCUT2D eigenvalue weighted by atomic mass is 10.1. The molecule has 1 heterocycles. The standard InChI is InChI=1S/C16H14N2O2S/c1-20-14-4-2-11(17)9-13(14)16(19)18-12-3-5-15-10(8-12)6-7-21-15/h2-9H,17H2,1H3,(H,18,19). The number of amides is 1. The first-order valence-corrected chi connectivity index (χ1v) is 7.27. The third-order valence-electron chi connectivity index (χ3n) is 3.18. The predicted octanol–water partition coefficient (Wildman–Crippen LogP) is 3.74. The number of rotatable bonds is 3. The molecule has 0 aliphatic heterocycles. The molecule has 0 saturated carbocycles. The minimum atomic E-state index is -0.242. The lowest BCUT2D eigenvalue weighted by molar-refractivity contribution is 0.102. The third-order valence-corrected chi connectivity index (χ3v) is 4.08. The zero-order valence-electron chi connectivity index (χ0n) is 11.4. The fraction of sp³-hybridized carbons (Fsp3) is 0.0625. The van der Waals surface area contributed by atoms with Crippen molar-refractivity contribution in [2.75, 3.05) is 18.2 Å². The van der Waals surface area contributed by atoms with Gasteiger partial charge in [0.25, 0.3) is 5.91 Å². The van der Waals surface area contributed by atoms with Crippen LogP contribution in [0.3, 0.4) is 0 Å². The van der Waals surface area contributed by atoms with Gasteiger partial charge >= 0.3 is 0 Å². The van der Waals surface area contributed by atoms with Gasteiger partial charge in [-0.25, -0.2) is 0 Å². The van der Waals surface area contributed by atoms with Crippen molar-refractivity contribution < 1.29 is 9.53 Å². The SMILES string of the molecule is COc1ccc(N)cc1C(=O)Nc1ccc2sccc2c1. The number of anilines is 2. The molecule has 21 heavy (non-hydrogen) atoms. The average molecular weight is 298 g/mol. The van der Waals surface area contributed by atoms with Gasteiger partial charge in [-0.15, -0.1) is 11.3 Å². The molecule has 3 aromatic rings. The molecule has 1 amide bonds. The van der Waals surface area contributed by atoms with Crippen LogP contribution in [0.25, 0.3) is 10.1 Å². The molecule has 0 bridgehead atoms. The van der Waals surface area contributed by atoms with Gasteiger partial charge in [-0.1, -0.05) is 0 Å². The summed E-state index contributed by atoms with van der Waals surface area (Å²) in [5, 5.41) is 6.01. The summed E-state index contributed by atoms with van der Waals surface area (Å²) < 4.78 is 6.39. The van der Waals surface area contributed by atoms with Crippen LogP contribution < -0.4 is 15.8 Å². The highest BCUT2D eigenvalue weighted by molar-refractivity contribution is 7.17. The highest BCUT2D eigenvalue weighted by Gasteiger charge is 2.13. The Labute approximate surface area is 126 Å². The van der Waals surface area contributed by atoms with Gasteiger partial charge in [-0.3, -0.25) is 4.79 Å². The first-order valence-electron chi connectivity index (χ1n) is 6.39. The predicted molar refractivity (Wildman–Crippen MR) is 87.2 cm³/mol. The normalized spacial score (nSPS) is 10.5. The van der Waals surface area contributed by atoms with E-state index in [9.17, 15) is 4.79 Å². The Hall–Kier alpha value is -2.53. The van der Waals surface area contributed by atoms with Gasteiger partial charge in [0.1, 0.15) is 5.75 Å². The Balaban J connectivity index is 1.90. The van der Waals surface area contributed by atoms with Crippen molar-refractivity contribution in [2.24, 2.45) is 0 Å². The van der Waals surface area contributed by atoms with Crippen molar-refractivity contribution in [1.29, 1.82) is 0 Å². The van der Waals surface area contributed by atoms with Crippen LogP contribution in [0.5, 0.6) is 5.75 Å². The number of carbonyl (C=O) groups excluding carboxylic acids is 1. The second-order valence-corrected chi connectivity index (χ2v) is 5.53.